The summed E-state index contributed by atoms with van der Waals surface area (Å²) in [6, 6.07) is 0.648. The first-order valence-electron chi connectivity index (χ1n) is 4.94. The molecule has 3 N–H and O–H groups in total. The van der Waals surface area contributed by atoms with E-state index in [9.17, 15) is 0 Å². The van der Waals surface area contributed by atoms with Crippen molar-refractivity contribution in [2.75, 3.05) is 0 Å². The molecule has 1 unspecified atom stereocenters. The molecule has 3 nitrogen and oxygen atoms in total. The molecule has 0 heterocycles. The van der Waals surface area contributed by atoms with Gasteiger partial charge < -0.3 is 11.1 Å². The third-order valence-corrected chi connectivity index (χ3v) is 2.38. The van der Waals surface area contributed by atoms with E-state index in [1.807, 2.05) is 13.0 Å². The topological polar surface area (TPSA) is 50.4 Å². The number of guanidine groups is 1. The van der Waals surface area contributed by atoms with Gasteiger partial charge in [0.15, 0.2) is 5.96 Å². The number of nitrogens with one attached hydrogen (secondary N) is 1. The van der Waals surface area contributed by atoms with Crippen molar-refractivity contribution in [2.24, 2.45) is 10.7 Å². The fraction of sp³-hybridized carbons (Fsp3) is 0.700. The molecule has 13 heavy (non-hydrogen) atoms. The van der Waals surface area contributed by atoms with Gasteiger partial charge in [0.05, 0.1) is 6.04 Å². The molecular weight excluding hydrogens is 162 g/mol. The molecule has 0 aromatic heterocycles. The van der Waals surface area contributed by atoms with Crippen LogP contribution in [-0.2, 0) is 0 Å². The van der Waals surface area contributed by atoms with Crippen LogP contribution in [0.5, 0.6) is 0 Å². The quantitative estimate of drug-likeness (QED) is 0.393. The van der Waals surface area contributed by atoms with Gasteiger partial charge >= 0.3 is 0 Å². The third-order valence-electron chi connectivity index (χ3n) is 2.38. The van der Waals surface area contributed by atoms with Crippen LogP contribution in [-0.4, -0.2) is 18.0 Å². The number of rotatable bonds is 3. The third kappa shape index (κ3) is 3.49. The molecule has 1 atom stereocenters. The van der Waals surface area contributed by atoms with E-state index in [0.29, 0.717) is 12.0 Å². The molecule has 0 saturated heterocycles. The predicted octanol–water partition coefficient (Wildman–Crippen LogP) is 1.41. The number of hydrogen-bond acceptors (Lipinski definition) is 1. The van der Waals surface area contributed by atoms with Gasteiger partial charge in [-0.2, -0.15) is 0 Å². The maximum absolute atomic E-state index is 5.72. The lowest BCUT2D eigenvalue weighted by atomic mass is 10.3. The molecule has 0 bridgehead atoms. The van der Waals surface area contributed by atoms with Crippen molar-refractivity contribution >= 4 is 5.96 Å². The average molecular weight is 181 g/mol. The molecule has 1 saturated carbocycles. The summed E-state index contributed by atoms with van der Waals surface area (Å²) < 4.78 is 0. The highest BCUT2D eigenvalue weighted by Gasteiger charge is 2.13. The molecule has 0 radical (unpaired) electrons. The number of hydrogen-bond donors (Lipinski definition) is 2. The average Bonchev–Trinajstić information content (AvgIpc) is 2.56. The Kier molecular flexibility index (Phi) is 3.80. The minimum absolute atomic E-state index is 0.199. The second-order valence-electron chi connectivity index (χ2n) is 3.62. The largest absolute Gasteiger partial charge is 0.370 e. The van der Waals surface area contributed by atoms with Gasteiger partial charge in [0.2, 0.25) is 0 Å². The summed E-state index contributed by atoms with van der Waals surface area (Å²) in [7, 11) is 0. The Bertz CT molecular complexity index is 192. The summed E-state index contributed by atoms with van der Waals surface area (Å²) >= 11 is 0. The second kappa shape index (κ2) is 4.90. The van der Waals surface area contributed by atoms with Gasteiger partial charge in [0, 0.05) is 6.04 Å². The highest BCUT2D eigenvalue weighted by molar-refractivity contribution is 5.78. The number of aliphatic imine (C=N–C) groups is 1. The standard InChI is InChI=1S/C10H19N3/c1-3-8(2)12-10(11)13-9-6-4-5-7-9/h3,8-9H,1,4-7H2,2H3,(H3,11,12,13). The van der Waals surface area contributed by atoms with Crippen LogP contribution < -0.4 is 11.1 Å². The van der Waals surface area contributed by atoms with E-state index in [4.69, 9.17) is 5.73 Å². The fourth-order valence-electron chi connectivity index (χ4n) is 1.56. The summed E-state index contributed by atoms with van der Waals surface area (Å²) in [5.41, 5.74) is 5.72. The van der Waals surface area contributed by atoms with Crippen LogP contribution in [0.25, 0.3) is 0 Å². The Morgan fingerprint density at radius 3 is 2.77 bits per heavy atom. The van der Waals surface area contributed by atoms with Crippen LogP contribution in [0.1, 0.15) is 32.6 Å². The van der Waals surface area contributed by atoms with Crippen molar-refractivity contribution in [3.05, 3.63) is 12.7 Å². The van der Waals surface area contributed by atoms with Gasteiger partial charge in [-0.3, -0.25) is 4.99 Å². The Hall–Kier alpha value is -0.990. The molecule has 1 aliphatic carbocycles. The molecule has 0 spiro atoms. The molecule has 1 aliphatic rings. The van der Waals surface area contributed by atoms with Crippen molar-refractivity contribution in [1.82, 2.24) is 5.32 Å². The van der Waals surface area contributed by atoms with E-state index in [1.54, 1.807) is 0 Å². The lowest BCUT2D eigenvalue weighted by molar-refractivity contribution is 0.689. The van der Waals surface area contributed by atoms with Crippen LogP contribution in [0.3, 0.4) is 0 Å². The van der Waals surface area contributed by atoms with Gasteiger partial charge in [-0.25, -0.2) is 0 Å². The first-order valence-corrected chi connectivity index (χ1v) is 4.94. The van der Waals surface area contributed by atoms with Crippen molar-refractivity contribution in [2.45, 2.75) is 44.7 Å². The van der Waals surface area contributed by atoms with Crippen molar-refractivity contribution in [1.29, 1.82) is 0 Å². The van der Waals surface area contributed by atoms with E-state index >= 15 is 0 Å². The molecule has 0 aromatic carbocycles. The van der Waals surface area contributed by atoms with Gasteiger partial charge in [0.25, 0.3) is 0 Å². The maximum atomic E-state index is 5.72. The molecule has 0 amide bonds. The van der Waals surface area contributed by atoms with E-state index in [0.717, 1.165) is 0 Å². The van der Waals surface area contributed by atoms with Crippen LogP contribution in [0.2, 0.25) is 0 Å². The molecule has 74 valence electrons. The Labute approximate surface area is 80.1 Å². The molecule has 3 heteroatoms. The Morgan fingerprint density at radius 1 is 1.62 bits per heavy atom. The Balaban J connectivity index is 2.35. The van der Waals surface area contributed by atoms with Gasteiger partial charge in [0.1, 0.15) is 0 Å². The van der Waals surface area contributed by atoms with Crippen LogP contribution in [0.4, 0.5) is 0 Å². The molecule has 1 rings (SSSR count). The first-order chi connectivity index (χ1) is 6.22. The highest BCUT2D eigenvalue weighted by Crippen LogP contribution is 2.20. The maximum Gasteiger partial charge on any atom is 0.189 e. The zero-order valence-electron chi connectivity index (χ0n) is 8.29. The minimum atomic E-state index is 0.199. The summed E-state index contributed by atoms with van der Waals surface area (Å²) in [5.74, 6) is 0.555. The zero-order valence-corrected chi connectivity index (χ0v) is 8.29. The van der Waals surface area contributed by atoms with Gasteiger partial charge in [-0.1, -0.05) is 18.9 Å². The van der Waals surface area contributed by atoms with Crippen molar-refractivity contribution in [3.63, 3.8) is 0 Å². The smallest absolute Gasteiger partial charge is 0.189 e. The van der Waals surface area contributed by atoms with E-state index < -0.39 is 0 Å². The Morgan fingerprint density at radius 2 is 2.23 bits per heavy atom. The summed E-state index contributed by atoms with van der Waals surface area (Å²) in [6.07, 6.45) is 6.77. The van der Waals surface area contributed by atoms with E-state index in [1.165, 1.54) is 25.7 Å². The van der Waals surface area contributed by atoms with Gasteiger partial charge in [-0.05, 0) is 19.8 Å². The van der Waals surface area contributed by atoms with E-state index in [-0.39, 0.29) is 6.04 Å². The summed E-state index contributed by atoms with van der Waals surface area (Å²) in [4.78, 5) is 4.40. The van der Waals surface area contributed by atoms with Crippen molar-refractivity contribution < 1.29 is 0 Å². The zero-order chi connectivity index (χ0) is 9.68. The van der Waals surface area contributed by atoms with Crippen LogP contribution in [0, 0.1) is 0 Å². The second-order valence-corrected chi connectivity index (χ2v) is 3.62. The van der Waals surface area contributed by atoms with Crippen molar-refractivity contribution in [3.8, 4) is 0 Å². The highest BCUT2D eigenvalue weighted by atomic mass is 15.1. The lowest BCUT2D eigenvalue weighted by Crippen LogP contribution is -2.38. The summed E-state index contributed by atoms with van der Waals surface area (Å²) in [6.45, 7) is 5.68. The molecular formula is C10H19N3. The number of nitrogens with two attached hydrogens (primary N) is 1. The molecule has 0 aromatic rings. The normalized spacial score (nSPS) is 21.5. The lowest BCUT2D eigenvalue weighted by Gasteiger charge is -2.11. The molecule has 1 fully saturated rings. The first kappa shape index (κ1) is 10.1. The summed E-state index contributed by atoms with van der Waals surface area (Å²) in [5, 5.41) is 3.07. The molecule has 0 aliphatic heterocycles. The minimum Gasteiger partial charge on any atom is -0.370 e. The monoisotopic (exact) mass is 181 g/mol. The van der Waals surface area contributed by atoms with Crippen LogP contribution in [0.15, 0.2) is 17.6 Å². The fourth-order valence-corrected chi connectivity index (χ4v) is 1.56. The van der Waals surface area contributed by atoms with Gasteiger partial charge in [-0.15, -0.1) is 6.58 Å². The van der Waals surface area contributed by atoms with Crippen LogP contribution >= 0.6 is 0 Å². The SMILES string of the molecule is C=CC(C)NC(N)=NC1CCCC1. The van der Waals surface area contributed by atoms with E-state index in [2.05, 4.69) is 16.9 Å². The number of nitrogens with zero attached hydrogens (tertiary/aromatic N) is 1. The predicted molar refractivity (Wildman–Crippen MR) is 56.7 cm³/mol.